The third-order valence-electron chi connectivity index (χ3n) is 2.99. The molecular weight excluding hydrogens is 300 g/mol. The van der Waals surface area contributed by atoms with Crippen LogP contribution in [0.1, 0.15) is 12.8 Å². The molecule has 0 saturated heterocycles. The van der Waals surface area contributed by atoms with Crippen molar-refractivity contribution in [2.75, 3.05) is 6.61 Å². The fourth-order valence-corrected chi connectivity index (χ4v) is 2.68. The smallest absolute Gasteiger partial charge is 0.237 e. The van der Waals surface area contributed by atoms with Gasteiger partial charge in [0.15, 0.2) is 5.16 Å². The Hall–Kier alpha value is -2.28. The van der Waals surface area contributed by atoms with Crippen LogP contribution in [0.2, 0.25) is 0 Å². The van der Waals surface area contributed by atoms with Crippen molar-refractivity contribution in [1.82, 2.24) is 19.7 Å². The van der Waals surface area contributed by atoms with Gasteiger partial charge in [-0.15, -0.1) is 0 Å². The van der Waals surface area contributed by atoms with Crippen molar-refractivity contribution in [1.29, 1.82) is 0 Å². The Morgan fingerprint density at radius 2 is 2.09 bits per heavy atom. The van der Waals surface area contributed by atoms with Gasteiger partial charge in [0.1, 0.15) is 5.75 Å². The molecule has 0 atom stereocenters. The van der Waals surface area contributed by atoms with Crippen LogP contribution in [0.3, 0.4) is 0 Å². The number of rotatable bonds is 6. The van der Waals surface area contributed by atoms with Crippen LogP contribution < -0.4 is 4.74 Å². The number of imidazole rings is 1. The minimum Gasteiger partial charge on any atom is -0.494 e. The first-order valence-electron chi connectivity index (χ1n) is 6.92. The average molecular weight is 316 g/mol. The zero-order valence-corrected chi connectivity index (χ0v) is 13.2. The number of aryl methyl sites for hydroxylation is 1. The van der Waals surface area contributed by atoms with Gasteiger partial charge in [-0.25, -0.2) is 4.98 Å². The molecular formula is C15H16N4O2S. The van der Waals surface area contributed by atoms with Gasteiger partial charge in [0, 0.05) is 25.0 Å². The van der Waals surface area contributed by atoms with E-state index in [1.165, 1.54) is 0 Å². The number of hydrogen-bond donors (Lipinski definition) is 0. The van der Waals surface area contributed by atoms with Crippen LogP contribution in [0.5, 0.6) is 5.75 Å². The lowest BCUT2D eigenvalue weighted by atomic mass is 10.2. The molecule has 3 aromatic rings. The third kappa shape index (κ3) is 3.30. The van der Waals surface area contributed by atoms with Crippen LogP contribution in [-0.4, -0.2) is 26.3 Å². The lowest BCUT2D eigenvalue weighted by molar-refractivity contribution is 0.340. The molecule has 1 aromatic carbocycles. The van der Waals surface area contributed by atoms with E-state index < -0.39 is 0 Å². The molecule has 6 nitrogen and oxygen atoms in total. The quantitative estimate of drug-likeness (QED) is 0.651. The predicted molar refractivity (Wildman–Crippen MR) is 83.7 cm³/mol. The van der Waals surface area contributed by atoms with Crippen LogP contribution in [-0.2, 0) is 12.8 Å². The highest BCUT2D eigenvalue weighted by molar-refractivity contribution is 7.98. The van der Waals surface area contributed by atoms with Gasteiger partial charge in [0.05, 0.1) is 12.4 Å². The van der Waals surface area contributed by atoms with E-state index in [1.807, 2.05) is 49.0 Å². The van der Waals surface area contributed by atoms with Gasteiger partial charge in [0.2, 0.25) is 11.7 Å². The maximum atomic E-state index is 5.42. The van der Waals surface area contributed by atoms with Crippen LogP contribution in [0.25, 0.3) is 11.4 Å². The van der Waals surface area contributed by atoms with Gasteiger partial charge < -0.3 is 13.8 Å². The fraction of sp³-hybridized carbons (Fsp3) is 0.267. The lowest BCUT2D eigenvalue weighted by Gasteiger charge is -2.02. The maximum absolute atomic E-state index is 5.42. The lowest BCUT2D eigenvalue weighted by Crippen LogP contribution is -1.91. The molecule has 2 aromatic heterocycles. The standard InChI is InChI=1S/C15H16N4O2S/c1-3-20-12-6-4-11(5-7-12)14-17-13(21-18-14)10-22-15-16-8-9-19(15)2/h4-9H,3,10H2,1-2H3. The molecule has 0 aliphatic rings. The van der Waals surface area contributed by atoms with E-state index in [0.717, 1.165) is 16.5 Å². The molecule has 0 saturated carbocycles. The zero-order valence-electron chi connectivity index (χ0n) is 12.4. The Labute approximate surface area is 132 Å². The normalized spacial score (nSPS) is 10.8. The number of nitrogens with zero attached hydrogens (tertiary/aromatic N) is 4. The number of aromatic nitrogens is 4. The molecule has 22 heavy (non-hydrogen) atoms. The highest BCUT2D eigenvalue weighted by Crippen LogP contribution is 2.23. The van der Waals surface area contributed by atoms with E-state index in [0.29, 0.717) is 24.1 Å². The summed E-state index contributed by atoms with van der Waals surface area (Å²) in [4.78, 5) is 8.65. The summed E-state index contributed by atoms with van der Waals surface area (Å²) in [5, 5.41) is 4.93. The van der Waals surface area contributed by atoms with Gasteiger partial charge in [0.25, 0.3) is 0 Å². The molecule has 0 amide bonds. The molecule has 0 spiro atoms. The van der Waals surface area contributed by atoms with Crippen LogP contribution in [0.15, 0.2) is 46.3 Å². The summed E-state index contributed by atoms with van der Waals surface area (Å²) in [5.74, 6) is 2.59. The highest BCUT2D eigenvalue weighted by atomic mass is 32.2. The first-order valence-corrected chi connectivity index (χ1v) is 7.90. The maximum Gasteiger partial charge on any atom is 0.237 e. The monoisotopic (exact) mass is 316 g/mol. The predicted octanol–water partition coefficient (Wildman–Crippen LogP) is 3.16. The second kappa shape index (κ2) is 6.65. The second-order valence-electron chi connectivity index (χ2n) is 4.58. The van der Waals surface area contributed by atoms with Gasteiger partial charge in [-0.05, 0) is 31.2 Å². The molecule has 0 aliphatic carbocycles. The topological polar surface area (TPSA) is 66.0 Å². The van der Waals surface area contributed by atoms with Crippen molar-refractivity contribution < 1.29 is 9.26 Å². The molecule has 0 unspecified atom stereocenters. The SMILES string of the molecule is CCOc1ccc(-c2noc(CSc3nccn3C)n2)cc1. The molecule has 0 aliphatic heterocycles. The summed E-state index contributed by atoms with van der Waals surface area (Å²) in [5.41, 5.74) is 0.903. The van der Waals surface area contributed by atoms with Crippen molar-refractivity contribution >= 4 is 11.8 Å². The zero-order chi connectivity index (χ0) is 15.4. The average Bonchev–Trinajstić information content (AvgIpc) is 3.15. The van der Waals surface area contributed by atoms with Gasteiger partial charge >= 0.3 is 0 Å². The molecule has 114 valence electrons. The number of thioether (sulfide) groups is 1. The minimum absolute atomic E-state index is 0.580. The van der Waals surface area contributed by atoms with Crippen molar-refractivity contribution in [2.24, 2.45) is 7.05 Å². The molecule has 0 radical (unpaired) electrons. The van der Waals surface area contributed by atoms with E-state index in [2.05, 4.69) is 15.1 Å². The highest BCUT2D eigenvalue weighted by Gasteiger charge is 2.10. The molecule has 3 rings (SSSR count). The largest absolute Gasteiger partial charge is 0.494 e. The fourth-order valence-electron chi connectivity index (χ4n) is 1.91. The second-order valence-corrected chi connectivity index (χ2v) is 5.52. The van der Waals surface area contributed by atoms with Crippen LogP contribution >= 0.6 is 11.8 Å². The molecule has 7 heteroatoms. The molecule has 0 bridgehead atoms. The summed E-state index contributed by atoms with van der Waals surface area (Å²) < 4.78 is 12.7. The first kappa shape index (κ1) is 14.6. The van der Waals surface area contributed by atoms with Gasteiger partial charge in [-0.1, -0.05) is 16.9 Å². The van der Waals surface area contributed by atoms with Crippen molar-refractivity contribution in [3.63, 3.8) is 0 Å². The van der Waals surface area contributed by atoms with Crippen LogP contribution in [0, 0.1) is 0 Å². The van der Waals surface area contributed by atoms with E-state index in [1.54, 1.807) is 18.0 Å². The Morgan fingerprint density at radius 3 is 2.77 bits per heavy atom. The van der Waals surface area contributed by atoms with E-state index in [9.17, 15) is 0 Å². The van der Waals surface area contributed by atoms with E-state index >= 15 is 0 Å². The Bertz CT molecular complexity index is 736. The van der Waals surface area contributed by atoms with Crippen molar-refractivity contribution in [2.45, 2.75) is 17.8 Å². The summed E-state index contributed by atoms with van der Waals surface area (Å²) in [6, 6.07) is 7.64. The Kier molecular flexibility index (Phi) is 4.43. The van der Waals surface area contributed by atoms with Gasteiger partial charge in [-0.3, -0.25) is 0 Å². The van der Waals surface area contributed by atoms with Crippen molar-refractivity contribution in [3.05, 3.63) is 42.5 Å². The first-order chi connectivity index (χ1) is 10.8. The van der Waals surface area contributed by atoms with Crippen LogP contribution in [0.4, 0.5) is 0 Å². The van der Waals surface area contributed by atoms with E-state index in [4.69, 9.17) is 9.26 Å². The van der Waals surface area contributed by atoms with E-state index in [-0.39, 0.29) is 0 Å². The van der Waals surface area contributed by atoms with Crippen molar-refractivity contribution in [3.8, 4) is 17.1 Å². The molecule has 0 N–H and O–H groups in total. The third-order valence-corrected chi connectivity index (χ3v) is 4.04. The minimum atomic E-state index is 0.580. The molecule has 2 heterocycles. The number of hydrogen-bond acceptors (Lipinski definition) is 6. The Morgan fingerprint density at radius 1 is 1.27 bits per heavy atom. The van der Waals surface area contributed by atoms with Gasteiger partial charge in [-0.2, -0.15) is 4.98 Å². The number of ether oxygens (including phenoxy) is 1. The number of benzene rings is 1. The summed E-state index contributed by atoms with van der Waals surface area (Å²) in [6.07, 6.45) is 3.67. The molecule has 0 fully saturated rings. The summed E-state index contributed by atoms with van der Waals surface area (Å²) >= 11 is 1.56. The summed E-state index contributed by atoms with van der Waals surface area (Å²) in [6.45, 7) is 2.61. The Balaban J connectivity index is 1.66. The summed E-state index contributed by atoms with van der Waals surface area (Å²) in [7, 11) is 1.95.